The quantitative estimate of drug-likeness (QED) is 0.841. The van der Waals surface area contributed by atoms with Crippen LogP contribution in [0.5, 0.6) is 0 Å². The molecule has 0 radical (unpaired) electrons. The molecule has 2 aromatic carbocycles. The van der Waals surface area contributed by atoms with Crippen LogP contribution in [0, 0.1) is 6.92 Å². The Morgan fingerprint density at radius 3 is 2.35 bits per heavy atom. The van der Waals surface area contributed by atoms with Crippen molar-refractivity contribution in [2.75, 3.05) is 19.6 Å². The molecule has 1 aliphatic rings. The zero-order chi connectivity index (χ0) is 18.6. The zero-order valence-corrected chi connectivity index (χ0v) is 15.7. The molecule has 2 aromatic rings. The van der Waals surface area contributed by atoms with Crippen molar-refractivity contribution >= 4 is 5.91 Å². The molecule has 0 aliphatic carbocycles. The van der Waals surface area contributed by atoms with Crippen molar-refractivity contribution in [1.29, 1.82) is 0 Å². The lowest BCUT2D eigenvalue weighted by molar-refractivity contribution is -0.126. The van der Waals surface area contributed by atoms with Crippen LogP contribution in [0.3, 0.4) is 0 Å². The third-order valence-electron chi connectivity index (χ3n) is 5.34. The fraction of sp³-hybridized carbons (Fsp3) is 0.409. The maximum atomic E-state index is 12.8. The topological polar surface area (TPSA) is 58.4 Å². The highest BCUT2D eigenvalue weighted by Crippen LogP contribution is 2.25. The second kappa shape index (κ2) is 8.02. The van der Waals surface area contributed by atoms with E-state index in [2.05, 4.69) is 41.4 Å². The second-order valence-corrected chi connectivity index (χ2v) is 7.45. The minimum absolute atomic E-state index is 0.139. The van der Waals surface area contributed by atoms with Crippen molar-refractivity contribution in [2.24, 2.45) is 5.73 Å². The molecule has 2 unspecified atom stereocenters. The number of rotatable bonds is 6. The van der Waals surface area contributed by atoms with Gasteiger partial charge in [-0.25, -0.2) is 0 Å². The number of nitrogens with zero attached hydrogens (tertiary/aromatic N) is 1. The molecule has 0 aromatic heterocycles. The molecule has 3 N–H and O–H groups in total. The summed E-state index contributed by atoms with van der Waals surface area (Å²) in [6, 6.07) is 18.3. The summed E-state index contributed by atoms with van der Waals surface area (Å²) in [5, 5.41) is 3.11. The average Bonchev–Trinajstić information content (AvgIpc) is 3.18. The Balaban J connectivity index is 1.73. The maximum Gasteiger partial charge on any atom is 0.244 e. The number of likely N-dealkylation sites (tertiary alicyclic amines) is 1. The molecule has 1 fully saturated rings. The first kappa shape index (κ1) is 18.6. The number of amides is 1. The fourth-order valence-electron chi connectivity index (χ4n) is 3.59. The highest BCUT2D eigenvalue weighted by atomic mass is 16.2. The molecule has 4 nitrogen and oxygen atoms in total. The maximum absolute atomic E-state index is 12.8. The summed E-state index contributed by atoms with van der Waals surface area (Å²) in [4.78, 5) is 15.3. The van der Waals surface area contributed by atoms with E-state index in [0.29, 0.717) is 6.54 Å². The third-order valence-corrected chi connectivity index (χ3v) is 5.34. The Kier molecular flexibility index (Phi) is 5.74. The SMILES string of the molecule is Cc1ccc(C(CNC(=O)C(C)(N)c2ccccc2)N2CCCC2)cc1. The number of carbonyl (C=O) groups is 1. The molecule has 1 heterocycles. The summed E-state index contributed by atoms with van der Waals surface area (Å²) >= 11 is 0. The molecule has 1 saturated heterocycles. The smallest absolute Gasteiger partial charge is 0.244 e. The summed E-state index contributed by atoms with van der Waals surface area (Å²) in [6.07, 6.45) is 2.43. The monoisotopic (exact) mass is 351 g/mol. The van der Waals surface area contributed by atoms with Gasteiger partial charge in [0.05, 0.1) is 6.04 Å². The minimum atomic E-state index is -1.04. The molecular weight excluding hydrogens is 322 g/mol. The normalized spacial score (nSPS) is 18.3. The van der Waals surface area contributed by atoms with Crippen LogP contribution in [0.15, 0.2) is 54.6 Å². The van der Waals surface area contributed by atoms with Gasteiger partial charge < -0.3 is 11.1 Å². The molecule has 3 rings (SSSR count). The Hall–Kier alpha value is -2.17. The van der Waals surface area contributed by atoms with Crippen LogP contribution in [0.1, 0.15) is 42.5 Å². The van der Waals surface area contributed by atoms with Crippen molar-refractivity contribution in [3.8, 4) is 0 Å². The van der Waals surface area contributed by atoms with Crippen LogP contribution >= 0.6 is 0 Å². The van der Waals surface area contributed by atoms with E-state index < -0.39 is 5.54 Å². The molecule has 26 heavy (non-hydrogen) atoms. The molecule has 0 bridgehead atoms. The Bertz CT molecular complexity index is 719. The minimum Gasteiger partial charge on any atom is -0.352 e. The first-order chi connectivity index (χ1) is 12.5. The van der Waals surface area contributed by atoms with Gasteiger partial charge in [-0.1, -0.05) is 60.2 Å². The van der Waals surface area contributed by atoms with E-state index in [1.165, 1.54) is 24.0 Å². The van der Waals surface area contributed by atoms with Crippen LogP contribution in [0.2, 0.25) is 0 Å². The molecule has 1 aliphatic heterocycles. The molecule has 2 atom stereocenters. The fourth-order valence-corrected chi connectivity index (χ4v) is 3.59. The summed E-state index contributed by atoms with van der Waals surface area (Å²) in [6.45, 7) is 6.59. The average molecular weight is 351 g/mol. The van der Waals surface area contributed by atoms with E-state index in [0.717, 1.165) is 18.7 Å². The van der Waals surface area contributed by atoms with Gasteiger partial charge in [0.1, 0.15) is 5.54 Å². The highest BCUT2D eigenvalue weighted by Gasteiger charge is 2.32. The van der Waals surface area contributed by atoms with Gasteiger partial charge in [-0.15, -0.1) is 0 Å². The zero-order valence-electron chi connectivity index (χ0n) is 15.7. The van der Waals surface area contributed by atoms with Crippen LogP contribution in [0.4, 0.5) is 0 Å². The van der Waals surface area contributed by atoms with Crippen LogP contribution in [-0.4, -0.2) is 30.4 Å². The summed E-state index contributed by atoms with van der Waals surface area (Å²) in [7, 11) is 0. The first-order valence-corrected chi connectivity index (χ1v) is 9.42. The molecule has 0 spiro atoms. The highest BCUT2D eigenvalue weighted by molar-refractivity contribution is 5.87. The van der Waals surface area contributed by atoms with Crippen molar-refractivity contribution < 1.29 is 4.79 Å². The van der Waals surface area contributed by atoms with Gasteiger partial charge in [-0.2, -0.15) is 0 Å². The van der Waals surface area contributed by atoms with E-state index in [4.69, 9.17) is 5.73 Å². The molecular formula is C22H29N3O. The summed E-state index contributed by atoms with van der Waals surface area (Å²) in [5.41, 5.74) is 8.63. The molecule has 4 heteroatoms. The standard InChI is InChI=1S/C22H29N3O/c1-17-10-12-18(13-11-17)20(25-14-6-7-15-25)16-24-21(26)22(2,23)19-8-4-3-5-9-19/h3-5,8-13,20H,6-7,14-16,23H2,1-2H3,(H,24,26). The number of hydrogen-bond acceptors (Lipinski definition) is 3. The van der Waals surface area contributed by atoms with Gasteiger partial charge in [0.25, 0.3) is 0 Å². The summed E-state index contributed by atoms with van der Waals surface area (Å²) in [5.74, 6) is -0.139. The number of carbonyl (C=O) groups excluding carboxylic acids is 1. The Morgan fingerprint density at radius 1 is 1.12 bits per heavy atom. The van der Waals surface area contributed by atoms with Crippen molar-refractivity contribution in [2.45, 2.75) is 38.3 Å². The lowest BCUT2D eigenvalue weighted by Gasteiger charge is -2.30. The predicted octanol–water partition coefficient (Wildman–Crippen LogP) is 3.12. The first-order valence-electron chi connectivity index (χ1n) is 9.42. The van der Waals surface area contributed by atoms with Gasteiger partial charge in [0.2, 0.25) is 5.91 Å². The third kappa shape index (κ3) is 4.14. The van der Waals surface area contributed by atoms with Gasteiger partial charge in [0, 0.05) is 6.54 Å². The van der Waals surface area contributed by atoms with E-state index >= 15 is 0 Å². The number of aryl methyl sites for hydroxylation is 1. The Morgan fingerprint density at radius 2 is 1.73 bits per heavy atom. The predicted molar refractivity (Wildman–Crippen MR) is 106 cm³/mol. The van der Waals surface area contributed by atoms with E-state index in [-0.39, 0.29) is 11.9 Å². The lowest BCUT2D eigenvalue weighted by atomic mass is 9.92. The van der Waals surface area contributed by atoms with Gasteiger partial charge in [0.15, 0.2) is 0 Å². The largest absolute Gasteiger partial charge is 0.352 e. The van der Waals surface area contributed by atoms with Crippen molar-refractivity contribution in [1.82, 2.24) is 10.2 Å². The number of benzene rings is 2. The molecule has 0 saturated carbocycles. The van der Waals surface area contributed by atoms with Gasteiger partial charge in [-0.05, 0) is 50.9 Å². The van der Waals surface area contributed by atoms with Gasteiger partial charge in [-0.3, -0.25) is 9.69 Å². The number of hydrogen-bond donors (Lipinski definition) is 2. The molecule has 1 amide bonds. The van der Waals surface area contributed by atoms with Crippen molar-refractivity contribution in [3.63, 3.8) is 0 Å². The Labute approximate surface area is 156 Å². The lowest BCUT2D eigenvalue weighted by Crippen LogP contribution is -2.50. The summed E-state index contributed by atoms with van der Waals surface area (Å²) < 4.78 is 0. The van der Waals surface area contributed by atoms with Crippen LogP contribution in [-0.2, 0) is 10.3 Å². The van der Waals surface area contributed by atoms with E-state index in [1.54, 1.807) is 6.92 Å². The molecule has 138 valence electrons. The van der Waals surface area contributed by atoms with E-state index in [9.17, 15) is 4.79 Å². The van der Waals surface area contributed by atoms with Gasteiger partial charge >= 0.3 is 0 Å². The van der Waals surface area contributed by atoms with Crippen LogP contribution < -0.4 is 11.1 Å². The van der Waals surface area contributed by atoms with E-state index in [1.807, 2.05) is 30.3 Å². The van der Waals surface area contributed by atoms with Crippen LogP contribution in [0.25, 0.3) is 0 Å². The second-order valence-electron chi connectivity index (χ2n) is 7.45. The number of nitrogens with two attached hydrogens (primary N) is 1. The number of nitrogens with one attached hydrogen (secondary N) is 1. The van der Waals surface area contributed by atoms with Crippen molar-refractivity contribution in [3.05, 3.63) is 71.3 Å².